The lowest BCUT2D eigenvalue weighted by atomic mass is 10.0. The van der Waals surface area contributed by atoms with Gasteiger partial charge in [0, 0.05) is 23.7 Å². The number of carbonyl (C=O) groups excluding carboxylic acids is 1. The molecule has 3 rings (SSSR count). The Kier molecular flexibility index (Phi) is 7.45. The minimum atomic E-state index is -0.245. The molecule has 1 N–H and O–H groups in total. The number of aromatic nitrogens is 1. The lowest BCUT2D eigenvalue weighted by molar-refractivity contribution is -0.118. The molecule has 1 unspecified atom stereocenters. The molecule has 7 heteroatoms. The highest BCUT2D eigenvalue weighted by atomic mass is 32.1. The van der Waals surface area contributed by atoms with Gasteiger partial charge in [-0.05, 0) is 38.4 Å². The van der Waals surface area contributed by atoms with E-state index >= 15 is 0 Å². The van der Waals surface area contributed by atoms with Crippen molar-refractivity contribution in [1.29, 1.82) is 0 Å². The van der Waals surface area contributed by atoms with Gasteiger partial charge in [-0.15, -0.1) is 11.3 Å². The van der Waals surface area contributed by atoms with E-state index in [2.05, 4.69) is 28.7 Å². The Morgan fingerprint density at radius 3 is 2.89 bits per heavy atom. The third-order valence-electron chi connectivity index (χ3n) is 4.66. The Balaban J connectivity index is 1.49. The number of hydrogen-bond acceptors (Lipinski definition) is 6. The van der Waals surface area contributed by atoms with E-state index in [9.17, 15) is 4.79 Å². The molecule has 0 spiro atoms. The number of anilines is 1. The third kappa shape index (κ3) is 5.81. The molecule has 6 nitrogen and oxygen atoms in total. The summed E-state index contributed by atoms with van der Waals surface area (Å²) < 4.78 is 11.1. The van der Waals surface area contributed by atoms with Crippen LogP contribution in [0.25, 0.3) is 0 Å². The quantitative estimate of drug-likeness (QED) is 0.641. The molecule has 1 aromatic carbocycles. The molecule has 1 aliphatic rings. The fraction of sp³-hybridized carbons (Fsp3) is 0.429. The second-order valence-corrected chi connectivity index (χ2v) is 7.95. The zero-order chi connectivity index (χ0) is 19.8. The summed E-state index contributed by atoms with van der Waals surface area (Å²) in [4.78, 5) is 20.2. The fourth-order valence-electron chi connectivity index (χ4n) is 3.17. The molecular weight excluding hydrogens is 374 g/mol. The number of likely N-dealkylation sites (tertiary alicyclic amines) is 1. The number of thiazole rings is 1. The van der Waals surface area contributed by atoms with Crippen LogP contribution in [-0.2, 0) is 11.3 Å². The molecule has 150 valence electrons. The smallest absolute Gasteiger partial charge is 0.264 e. The van der Waals surface area contributed by atoms with Crippen LogP contribution >= 0.6 is 11.3 Å². The third-order valence-corrected chi connectivity index (χ3v) is 5.56. The van der Waals surface area contributed by atoms with Crippen LogP contribution in [0.3, 0.4) is 0 Å². The van der Waals surface area contributed by atoms with Gasteiger partial charge in [-0.1, -0.05) is 31.2 Å². The number of nitrogens with one attached hydrogen (secondary N) is 1. The topological polar surface area (TPSA) is 63.7 Å². The van der Waals surface area contributed by atoms with Gasteiger partial charge in [-0.3, -0.25) is 15.0 Å². The zero-order valence-electron chi connectivity index (χ0n) is 16.2. The summed E-state index contributed by atoms with van der Waals surface area (Å²) in [6.07, 6.45) is 7.32. The minimum Gasteiger partial charge on any atom is -0.486 e. The number of amides is 1. The maximum atomic E-state index is 12.2. The van der Waals surface area contributed by atoms with Gasteiger partial charge >= 0.3 is 0 Å². The molecule has 28 heavy (non-hydrogen) atoms. The summed E-state index contributed by atoms with van der Waals surface area (Å²) in [6, 6.07) is 7.86. The van der Waals surface area contributed by atoms with E-state index < -0.39 is 0 Å². The van der Waals surface area contributed by atoms with Crippen LogP contribution in [0.5, 0.6) is 11.5 Å². The summed E-state index contributed by atoms with van der Waals surface area (Å²) in [5.74, 6) is 0.867. The highest BCUT2D eigenvalue weighted by molar-refractivity contribution is 7.15. The van der Waals surface area contributed by atoms with Crippen LogP contribution in [0, 0.1) is 0 Å². The van der Waals surface area contributed by atoms with Crippen molar-refractivity contribution < 1.29 is 14.3 Å². The highest BCUT2D eigenvalue weighted by Gasteiger charge is 2.19. The Bertz CT molecular complexity index is 793. The first-order valence-electron chi connectivity index (χ1n) is 9.60. The van der Waals surface area contributed by atoms with Crippen molar-refractivity contribution in [2.45, 2.75) is 38.8 Å². The van der Waals surface area contributed by atoms with Gasteiger partial charge in [0.25, 0.3) is 5.91 Å². The summed E-state index contributed by atoms with van der Waals surface area (Å²) in [6.45, 7) is 8.19. The average molecular weight is 402 g/mol. The Morgan fingerprint density at radius 1 is 1.36 bits per heavy atom. The SMILES string of the molecule is C=CCOc1ccccc1OCC(=O)Nc1ncc(CN2CCCCC2C)s1. The molecular formula is C21H27N3O3S. The van der Waals surface area contributed by atoms with E-state index in [1.165, 1.54) is 30.6 Å². The molecule has 1 atom stereocenters. The summed E-state index contributed by atoms with van der Waals surface area (Å²) in [7, 11) is 0. The van der Waals surface area contributed by atoms with Gasteiger partial charge in [0.1, 0.15) is 6.61 Å². The molecule has 0 radical (unpaired) electrons. The maximum absolute atomic E-state index is 12.2. The normalized spacial score (nSPS) is 17.1. The van der Waals surface area contributed by atoms with Gasteiger partial charge in [-0.25, -0.2) is 4.98 Å². The number of ether oxygens (including phenoxy) is 2. The Hall–Kier alpha value is -2.38. The Morgan fingerprint density at radius 2 is 2.14 bits per heavy atom. The highest BCUT2D eigenvalue weighted by Crippen LogP contribution is 2.27. The molecule has 2 aromatic rings. The minimum absolute atomic E-state index is 0.105. The first kappa shape index (κ1) is 20.4. The van der Waals surface area contributed by atoms with E-state index in [-0.39, 0.29) is 12.5 Å². The van der Waals surface area contributed by atoms with Crippen LogP contribution < -0.4 is 14.8 Å². The number of hydrogen-bond donors (Lipinski definition) is 1. The lowest BCUT2D eigenvalue weighted by Crippen LogP contribution is -2.36. The van der Waals surface area contributed by atoms with E-state index in [1.54, 1.807) is 18.2 Å². The zero-order valence-corrected chi connectivity index (χ0v) is 17.0. The van der Waals surface area contributed by atoms with Crippen molar-refractivity contribution in [3.8, 4) is 11.5 Å². The Labute approximate surface area is 170 Å². The second kappa shape index (κ2) is 10.2. The molecule has 1 saturated heterocycles. The van der Waals surface area contributed by atoms with Gasteiger partial charge in [0.05, 0.1) is 0 Å². The molecule has 0 bridgehead atoms. The second-order valence-electron chi connectivity index (χ2n) is 6.83. The first-order valence-corrected chi connectivity index (χ1v) is 10.4. The number of benzene rings is 1. The summed E-state index contributed by atoms with van der Waals surface area (Å²) in [5, 5.41) is 3.41. The fourth-order valence-corrected chi connectivity index (χ4v) is 4.02. The van der Waals surface area contributed by atoms with Crippen molar-refractivity contribution >= 4 is 22.4 Å². The van der Waals surface area contributed by atoms with Crippen molar-refractivity contribution in [2.75, 3.05) is 25.1 Å². The average Bonchev–Trinajstić information content (AvgIpc) is 3.14. The number of para-hydroxylation sites is 2. The van der Waals surface area contributed by atoms with Crippen LogP contribution in [0.1, 0.15) is 31.1 Å². The standard InChI is InChI=1S/C21H27N3O3S/c1-3-12-26-18-9-4-5-10-19(18)27-15-20(25)23-21-22-13-17(28-21)14-24-11-7-6-8-16(24)2/h3-5,9-10,13,16H,1,6-8,11-12,14-15H2,2H3,(H,22,23,25). The monoisotopic (exact) mass is 401 g/mol. The van der Waals surface area contributed by atoms with Gasteiger partial charge in [0.15, 0.2) is 23.2 Å². The molecule has 2 heterocycles. The van der Waals surface area contributed by atoms with Crippen molar-refractivity contribution in [2.24, 2.45) is 0 Å². The van der Waals surface area contributed by atoms with Crippen LogP contribution in [0.4, 0.5) is 5.13 Å². The van der Waals surface area contributed by atoms with Gasteiger partial charge < -0.3 is 9.47 Å². The predicted octanol–water partition coefficient (Wildman–Crippen LogP) is 4.10. The molecule has 1 aromatic heterocycles. The van der Waals surface area contributed by atoms with E-state index in [4.69, 9.17) is 9.47 Å². The maximum Gasteiger partial charge on any atom is 0.264 e. The van der Waals surface area contributed by atoms with Crippen LogP contribution in [-0.4, -0.2) is 41.6 Å². The molecule has 0 aliphatic carbocycles. The largest absolute Gasteiger partial charge is 0.486 e. The van der Waals surface area contributed by atoms with Gasteiger partial charge in [0.2, 0.25) is 0 Å². The molecule has 1 aliphatic heterocycles. The van der Waals surface area contributed by atoms with Gasteiger partial charge in [-0.2, -0.15) is 0 Å². The van der Waals surface area contributed by atoms with Crippen LogP contribution in [0.2, 0.25) is 0 Å². The van der Waals surface area contributed by atoms with Crippen molar-refractivity contribution in [1.82, 2.24) is 9.88 Å². The lowest BCUT2D eigenvalue weighted by Gasteiger charge is -2.32. The number of rotatable bonds is 9. The predicted molar refractivity (Wildman–Crippen MR) is 112 cm³/mol. The number of nitrogens with zero attached hydrogens (tertiary/aromatic N) is 2. The van der Waals surface area contributed by atoms with E-state index in [0.717, 1.165) is 18.0 Å². The van der Waals surface area contributed by atoms with Crippen LogP contribution in [0.15, 0.2) is 43.1 Å². The molecule has 0 saturated carbocycles. The van der Waals surface area contributed by atoms with Crippen molar-refractivity contribution in [3.63, 3.8) is 0 Å². The van der Waals surface area contributed by atoms with Crippen molar-refractivity contribution in [3.05, 3.63) is 48.0 Å². The van der Waals surface area contributed by atoms with E-state index in [0.29, 0.717) is 29.3 Å². The number of piperidine rings is 1. The number of carbonyl (C=O) groups is 1. The van der Waals surface area contributed by atoms with E-state index in [1.807, 2.05) is 18.3 Å². The summed E-state index contributed by atoms with van der Waals surface area (Å²) >= 11 is 1.52. The molecule has 1 fully saturated rings. The first-order chi connectivity index (χ1) is 13.7. The molecule has 1 amide bonds. The summed E-state index contributed by atoms with van der Waals surface area (Å²) in [5.41, 5.74) is 0.